The van der Waals surface area contributed by atoms with Crippen LogP contribution < -0.4 is 5.32 Å². The highest BCUT2D eigenvalue weighted by Crippen LogP contribution is 2.21. The van der Waals surface area contributed by atoms with Gasteiger partial charge in [-0.3, -0.25) is 14.4 Å². The van der Waals surface area contributed by atoms with Gasteiger partial charge in [0.1, 0.15) is 5.76 Å². The molecule has 0 bridgehead atoms. The molecule has 8 nitrogen and oxygen atoms in total. The monoisotopic (exact) mass is 373 g/mol. The predicted octanol–water partition coefficient (Wildman–Crippen LogP) is 1.50. The van der Waals surface area contributed by atoms with Gasteiger partial charge >= 0.3 is 0 Å². The van der Waals surface area contributed by atoms with Crippen LogP contribution in [0.3, 0.4) is 0 Å². The van der Waals surface area contributed by atoms with Crippen molar-refractivity contribution in [1.29, 1.82) is 0 Å². The van der Waals surface area contributed by atoms with Gasteiger partial charge in [0.05, 0.1) is 25.6 Å². The van der Waals surface area contributed by atoms with E-state index in [2.05, 4.69) is 5.32 Å². The molecule has 144 valence electrons. The van der Waals surface area contributed by atoms with Crippen LogP contribution in [0.5, 0.6) is 0 Å². The fourth-order valence-electron chi connectivity index (χ4n) is 3.15. The van der Waals surface area contributed by atoms with Crippen molar-refractivity contribution in [2.24, 2.45) is 5.92 Å². The minimum Gasteiger partial charge on any atom is -0.467 e. The topological polar surface area (TPSA) is 96.0 Å². The van der Waals surface area contributed by atoms with Crippen LogP contribution in [0.2, 0.25) is 0 Å². The molecule has 1 aliphatic heterocycles. The Morgan fingerprint density at radius 3 is 2.48 bits per heavy atom. The number of piperidine rings is 1. The van der Waals surface area contributed by atoms with Crippen LogP contribution in [0.4, 0.5) is 0 Å². The van der Waals surface area contributed by atoms with E-state index in [0.717, 1.165) is 0 Å². The van der Waals surface area contributed by atoms with Crippen molar-refractivity contribution in [2.75, 3.05) is 26.7 Å². The molecule has 0 spiro atoms. The number of nitrogens with one attached hydrogen (secondary N) is 1. The van der Waals surface area contributed by atoms with Gasteiger partial charge in [-0.05, 0) is 37.1 Å². The molecule has 3 rings (SSSR count). The molecule has 0 unspecified atom stereocenters. The van der Waals surface area contributed by atoms with Crippen molar-refractivity contribution in [3.8, 4) is 0 Å². The van der Waals surface area contributed by atoms with Crippen LogP contribution in [0, 0.1) is 5.92 Å². The molecule has 3 amide bonds. The average Bonchev–Trinajstić information content (AvgIpc) is 3.39. The Hall–Kier alpha value is -3.03. The Kier molecular flexibility index (Phi) is 5.95. The van der Waals surface area contributed by atoms with E-state index in [0.29, 0.717) is 44.0 Å². The minimum atomic E-state index is -0.243. The van der Waals surface area contributed by atoms with Gasteiger partial charge in [0, 0.05) is 26.1 Å². The summed E-state index contributed by atoms with van der Waals surface area (Å²) in [5, 5.41) is 2.72. The molecule has 27 heavy (non-hydrogen) atoms. The van der Waals surface area contributed by atoms with Gasteiger partial charge < -0.3 is 24.0 Å². The SMILES string of the molecule is CN(CC(=O)NCc1ccco1)C(=O)C1CCN(C(=O)c2ccco2)CC1. The molecule has 1 N–H and O–H groups in total. The summed E-state index contributed by atoms with van der Waals surface area (Å²) in [4.78, 5) is 40.0. The van der Waals surface area contributed by atoms with E-state index in [4.69, 9.17) is 8.83 Å². The van der Waals surface area contributed by atoms with Crippen molar-refractivity contribution in [3.63, 3.8) is 0 Å². The number of hydrogen-bond donors (Lipinski definition) is 1. The average molecular weight is 373 g/mol. The molecule has 0 aliphatic carbocycles. The van der Waals surface area contributed by atoms with Gasteiger partial charge in [0.15, 0.2) is 5.76 Å². The lowest BCUT2D eigenvalue weighted by Crippen LogP contribution is -2.45. The molecule has 0 atom stereocenters. The first kappa shape index (κ1) is 18.8. The standard InChI is InChI=1S/C19H23N3O5/c1-21(13-17(23)20-12-15-4-2-10-26-15)18(24)14-6-8-22(9-7-14)19(25)16-5-3-11-27-16/h2-5,10-11,14H,6-9,12-13H2,1H3,(H,20,23). The number of carbonyl (C=O) groups is 3. The second-order valence-corrected chi connectivity index (χ2v) is 6.59. The summed E-state index contributed by atoms with van der Waals surface area (Å²) in [5.41, 5.74) is 0. The second kappa shape index (κ2) is 8.57. The Morgan fingerprint density at radius 2 is 1.85 bits per heavy atom. The molecule has 0 aromatic carbocycles. The first-order valence-electron chi connectivity index (χ1n) is 8.91. The lowest BCUT2D eigenvalue weighted by atomic mass is 9.95. The van der Waals surface area contributed by atoms with Crippen LogP contribution >= 0.6 is 0 Å². The van der Waals surface area contributed by atoms with Gasteiger partial charge in [-0.1, -0.05) is 0 Å². The molecule has 3 heterocycles. The van der Waals surface area contributed by atoms with Crippen molar-refractivity contribution < 1.29 is 23.2 Å². The van der Waals surface area contributed by atoms with Crippen LogP contribution in [0.15, 0.2) is 45.6 Å². The second-order valence-electron chi connectivity index (χ2n) is 6.59. The molecule has 8 heteroatoms. The lowest BCUT2D eigenvalue weighted by molar-refractivity contribution is -0.139. The lowest BCUT2D eigenvalue weighted by Gasteiger charge is -2.32. The van der Waals surface area contributed by atoms with E-state index in [1.165, 1.54) is 11.2 Å². The summed E-state index contributed by atoms with van der Waals surface area (Å²) < 4.78 is 10.3. The highest BCUT2D eigenvalue weighted by Gasteiger charge is 2.30. The number of hydrogen-bond acceptors (Lipinski definition) is 5. The van der Waals surface area contributed by atoms with Gasteiger partial charge in [-0.15, -0.1) is 0 Å². The zero-order chi connectivity index (χ0) is 19.2. The Morgan fingerprint density at radius 1 is 1.15 bits per heavy atom. The number of carbonyl (C=O) groups excluding carboxylic acids is 3. The maximum Gasteiger partial charge on any atom is 0.289 e. The van der Waals surface area contributed by atoms with Crippen molar-refractivity contribution >= 4 is 17.7 Å². The smallest absolute Gasteiger partial charge is 0.289 e. The number of likely N-dealkylation sites (N-methyl/N-ethyl adjacent to an activating group) is 1. The summed E-state index contributed by atoms with van der Waals surface area (Å²) in [5.74, 6) is 0.307. The van der Waals surface area contributed by atoms with E-state index < -0.39 is 0 Å². The largest absolute Gasteiger partial charge is 0.467 e. The first-order chi connectivity index (χ1) is 13.0. The fraction of sp³-hybridized carbons (Fsp3) is 0.421. The molecular formula is C19H23N3O5. The maximum absolute atomic E-state index is 12.6. The van der Waals surface area contributed by atoms with E-state index in [1.54, 1.807) is 42.5 Å². The number of rotatable bonds is 6. The van der Waals surface area contributed by atoms with E-state index >= 15 is 0 Å². The molecule has 1 saturated heterocycles. The highest BCUT2D eigenvalue weighted by atomic mass is 16.3. The molecular weight excluding hydrogens is 350 g/mol. The van der Waals surface area contributed by atoms with E-state index in [9.17, 15) is 14.4 Å². The van der Waals surface area contributed by atoms with Crippen LogP contribution in [-0.2, 0) is 16.1 Å². The van der Waals surface area contributed by atoms with Gasteiger partial charge in [0.25, 0.3) is 5.91 Å². The number of nitrogens with zero attached hydrogens (tertiary/aromatic N) is 2. The normalized spacial score (nSPS) is 14.8. The molecule has 0 saturated carbocycles. The third-order valence-corrected chi connectivity index (χ3v) is 4.66. The summed E-state index contributed by atoms with van der Waals surface area (Å²) in [6, 6.07) is 6.83. The predicted molar refractivity (Wildman–Crippen MR) is 95.5 cm³/mol. The number of amides is 3. The summed E-state index contributed by atoms with van der Waals surface area (Å²) in [6.45, 7) is 1.27. The zero-order valence-corrected chi connectivity index (χ0v) is 15.2. The zero-order valence-electron chi connectivity index (χ0n) is 15.2. The summed E-state index contributed by atoms with van der Waals surface area (Å²) >= 11 is 0. The summed E-state index contributed by atoms with van der Waals surface area (Å²) in [6.07, 6.45) is 4.16. The fourth-order valence-corrected chi connectivity index (χ4v) is 3.15. The van der Waals surface area contributed by atoms with E-state index in [-0.39, 0.29) is 30.2 Å². The Labute approximate surface area is 157 Å². The molecule has 1 aliphatic rings. The maximum atomic E-state index is 12.6. The molecule has 1 fully saturated rings. The van der Waals surface area contributed by atoms with Gasteiger partial charge in [0.2, 0.25) is 11.8 Å². The van der Waals surface area contributed by atoms with Crippen molar-refractivity contribution in [1.82, 2.24) is 15.1 Å². The third-order valence-electron chi connectivity index (χ3n) is 4.66. The third kappa shape index (κ3) is 4.78. The Balaban J connectivity index is 1.42. The van der Waals surface area contributed by atoms with Crippen molar-refractivity contribution in [3.05, 3.63) is 48.3 Å². The molecule has 2 aromatic rings. The molecule has 0 radical (unpaired) electrons. The minimum absolute atomic E-state index is 0.00885. The Bertz CT molecular complexity index is 761. The van der Waals surface area contributed by atoms with Crippen LogP contribution in [0.1, 0.15) is 29.2 Å². The number of furan rings is 2. The highest BCUT2D eigenvalue weighted by molar-refractivity contribution is 5.91. The quantitative estimate of drug-likeness (QED) is 0.828. The van der Waals surface area contributed by atoms with E-state index in [1.807, 2.05) is 0 Å². The first-order valence-corrected chi connectivity index (χ1v) is 8.91. The van der Waals surface area contributed by atoms with Crippen molar-refractivity contribution in [2.45, 2.75) is 19.4 Å². The van der Waals surface area contributed by atoms with Gasteiger partial charge in [-0.25, -0.2) is 0 Å². The van der Waals surface area contributed by atoms with Gasteiger partial charge in [-0.2, -0.15) is 0 Å². The number of likely N-dealkylation sites (tertiary alicyclic amines) is 1. The van der Waals surface area contributed by atoms with Crippen LogP contribution in [0.25, 0.3) is 0 Å². The summed E-state index contributed by atoms with van der Waals surface area (Å²) in [7, 11) is 1.62. The van der Waals surface area contributed by atoms with Crippen LogP contribution in [-0.4, -0.2) is 54.2 Å². The molecule has 2 aromatic heterocycles.